The van der Waals surface area contributed by atoms with Gasteiger partial charge in [0, 0.05) is 30.4 Å². The minimum atomic E-state index is -3.83. The molecule has 0 radical (unpaired) electrons. The van der Waals surface area contributed by atoms with E-state index in [-0.39, 0.29) is 29.9 Å². The fourth-order valence-corrected chi connectivity index (χ4v) is 7.71. The molecule has 0 atom stereocenters. The van der Waals surface area contributed by atoms with Crippen LogP contribution in [0.1, 0.15) is 30.3 Å². The van der Waals surface area contributed by atoms with E-state index in [1.54, 1.807) is 35.9 Å². The van der Waals surface area contributed by atoms with Crippen LogP contribution in [0.5, 0.6) is 0 Å². The largest absolute Gasteiger partial charge is 0.466 e. The van der Waals surface area contributed by atoms with Crippen LogP contribution in [0.3, 0.4) is 0 Å². The second kappa shape index (κ2) is 12.5. The highest BCUT2D eigenvalue weighted by Crippen LogP contribution is 2.33. The van der Waals surface area contributed by atoms with Crippen LogP contribution in [0.15, 0.2) is 90.0 Å². The molecule has 2 aromatic heterocycles. The van der Waals surface area contributed by atoms with E-state index in [1.165, 1.54) is 15.6 Å². The maximum atomic E-state index is 13.7. The molecule has 0 N–H and O–H groups in total. The summed E-state index contributed by atoms with van der Waals surface area (Å²) in [5, 5.41) is 15.6. The molecular weight excluding hydrogens is 595 g/mol. The number of para-hydroxylation sites is 2. The first-order valence-electron chi connectivity index (χ1n) is 14.3. The van der Waals surface area contributed by atoms with E-state index in [4.69, 9.17) is 9.84 Å². The van der Waals surface area contributed by atoms with Crippen molar-refractivity contribution in [3.8, 4) is 23.0 Å². The third-order valence-corrected chi connectivity index (χ3v) is 10.5. The average molecular weight is 624 g/mol. The summed E-state index contributed by atoms with van der Waals surface area (Å²) in [5.74, 6) is -0.572. The summed E-state index contributed by atoms with van der Waals surface area (Å²) in [5.41, 5.74) is 3.79. The molecule has 44 heavy (non-hydrogen) atoms. The van der Waals surface area contributed by atoms with Gasteiger partial charge in [-0.15, -0.1) is 11.3 Å². The Hall–Kier alpha value is -4.63. The van der Waals surface area contributed by atoms with Crippen molar-refractivity contribution in [3.63, 3.8) is 0 Å². The lowest BCUT2D eigenvalue weighted by molar-refractivity contribution is -0.149. The molecule has 222 valence electrons. The number of fused-ring (bicyclic) bond motifs is 1. The summed E-state index contributed by atoms with van der Waals surface area (Å²) in [6, 6.07) is 26.3. The number of hydrogen-bond acceptors (Lipinski definition) is 8. The van der Waals surface area contributed by atoms with Crippen LogP contribution < -0.4 is 0 Å². The number of carbonyl (C=O) groups is 1. The molecule has 5 aromatic rings. The molecule has 3 aromatic carbocycles. The highest BCUT2D eigenvalue weighted by Gasteiger charge is 2.33. The number of piperidine rings is 1. The number of benzene rings is 3. The van der Waals surface area contributed by atoms with Crippen LogP contribution in [0, 0.1) is 17.2 Å². The molecule has 0 aliphatic carbocycles. The Morgan fingerprint density at radius 3 is 2.55 bits per heavy atom. The smallest absolute Gasteiger partial charge is 0.309 e. The average Bonchev–Trinajstić information content (AvgIpc) is 3.69. The molecule has 1 fully saturated rings. The van der Waals surface area contributed by atoms with Crippen LogP contribution >= 0.6 is 11.3 Å². The van der Waals surface area contributed by atoms with E-state index in [9.17, 15) is 18.5 Å². The number of esters is 1. The highest BCUT2D eigenvalue weighted by molar-refractivity contribution is 7.89. The Labute approximate surface area is 259 Å². The molecule has 1 aliphatic rings. The maximum Gasteiger partial charge on any atom is 0.309 e. The first kappa shape index (κ1) is 29.4. The van der Waals surface area contributed by atoms with Crippen molar-refractivity contribution >= 4 is 49.2 Å². The fraction of sp³-hybridized carbons (Fsp3) is 0.212. The normalized spacial score (nSPS) is 14.9. The Kier molecular flexibility index (Phi) is 8.39. The quantitative estimate of drug-likeness (QED) is 0.150. The molecule has 0 amide bonds. The third-order valence-electron chi connectivity index (χ3n) is 7.53. The highest BCUT2D eigenvalue weighted by atomic mass is 32.2. The maximum absolute atomic E-state index is 13.7. The Balaban J connectivity index is 1.37. The molecule has 0 spiro atoms. The SMILES string of the molecule is CCOC(=O)C1CCN(S(=O)(=O)c2cccc(-c3nn(-c4ccccc4)cc3/C=C(/C#N)c3nc4ccccc4s3)c2)CC1. The van der Waals surface area contributed by atoms with Crippen molar-refractivity contribution in [3.05, 3.63) is 95.6 Å². The number of nitriles is 1. The zero-order valence-corrected chi connectivity index (χ0v) is 25.6. The van der Waals surface area contributed by atoms with Gasteiger partial charge in [0.25, 0.3) is 0 Å². The predicted molar refractivity (Wildman–Crippen MR) is 170 cm³/mol. The zero-order chi connectivity index (χ0) is 30.7. The van der Waals surface area contributed by atoms with Gasteiger partial charge in [-0.25, -0.2) is 18.1 Å². The Morgan fingerprint density at radius 1 is 1.07 bits per heavy atom. The second-order valence-electron chi connectivity index (χ2n) is 10.3. The van der Waals surface area contributed by atoms with Gasteiger partial charge in [0.05, 0.1) is 38.9 Å². The number of ether oxygens (including phenoxy) is 1. The van der Waals surface area contributed by atoms with Crippen molar-refractivity contribution < 1.29 is 17.9 Å². The number of hydrogen-bond donors (Lipinski definition) is 0. The lowest BCUT2D eigenvalue weighted by Crippen LogP contribution is -2.40. The summed E-state index contributed by atoms with van der Waals surface area (Å²) < 4.78 is 36.7. The molecule has 9 nitrogen and oxygen atoms in total. The predicted octanol–water partition coefficient (Wildman–Crippen LogP) is 6.18. The van der Waals surface area contributed by atoms with Crippen molar-refractivity contribution in [2.45, 2.75) is 24.7 Å². The molecule has 0 unspecified atom stereocenters. The monoisotopic (exact) mass is 623 g/mol. The number of carbonyl (C=O) groups excluding carboxylic acids is 1. The molecule has 6 rings (SSSR count). The zero-order valence-electron chi connectivity index (χ0n) is 24.0. The summed E-state index contributed by atoms with van der Waals surface area (Å²) in [6.45, 7) is 2.54. The van der Waals surface area contributed by atoms with Gasteiger partial charge in [-0.2, -0.15) is 14.7 Å². The van der Waals surface area contributed by atoms with Crippen molar-refractivity contribution in [2.75, 3.05) is 19.7 Å². The molecule has 1 saturated heterocycles. The Bertz CT molecular complexity index is 1970. The second-order valence-corrected chi connectivity index (χ2v) is 13.3. The van der Waals surface area contributed by atoms with Crippen molar-refractivity contribution in [1.29, 1.82) is 5.26 Å². The third kappa shape index (κ3) is 5.92. The standard InChI is InChI=1S/C33H29N5O4S2/c1-2-42-33(39)23-15-17-37(18-16-23)44(40,41)28-12-8-9-24(20-28)31-26(22-38(36-31)27-10-4-3-5-11-27)19-25(21-34)32-35-29-13-6-7-14-30(29)43-32/h3-14,19-20,22-23H,2,15-18H2,1H3/b25-19-. The van der Waals surface area contributed by atoms with Crippen LogP contribution in [0.2, 0.25) is 0 Å². The van der Waals surface area contributed by atoms with Gasteiger partial charge in [0.2, 0.25) is 10.0 Å². The number of sulfonamides is 1. The minimum Gasteiger partial charge on any atom is -0.466 e. The number of aromatic nitrogens is 3. The number of rotatable bonds is 8. The lowest BCUT2D eigenvalue weighted by Gasteiger charge is -2.30. The first-order chi connectivity index (χ1) is 21.4. The summed E-state index contributed by atoms with van der Waals surface area (Å²) in [4.78, 5) is 17.0. The van der Waals surface area contributed by atoms with Crippen molar-refractivity contribution in [2.24, 2.45) is 5.92 Å². The van der Waals surface area contributed by atoms with Crippen LogP contribution in [0.25, 0.3) is 38.8 Å². The van der Waals surface area contributed by atoms with Crippen LogP contribution in [-0.2, 0) is 19.6 Å². The number of thiazole rings is 1. The molecular formula is C33H29N5O4S2. The van der Waals surface area contributed by atoms with E-state index >= 15 is 0 Å². The van der Waals surface area contributed by atoms with Crippen LogP contribution in [-0.4, -0.2) is 53.2 Å². The van der Waals surface area contributed by atoms with Gasteiger partial charge < -0.3 is 4.74 Å². The van der Waals surface area contributed by atoms with E-state index in [2.05, 4.69) is 11.1 Å². The topological polar surface area (TPSA) is 118 Å². The van der Waals surface area contributed by atoms with Gasteiger partial charge in [-0.3, -0.25) is 4.79 Å². The van der Waals surface area contributed by atoms with E-state index in [0.29, 0.717) is 46.9 Å². The first-order valence-corrected chi connectivity index (χ1v) is 16.5. The summed E-state index contributed by atoms with van der Waals surface area (Å²) in [7, 11) is -3.83. The number of allylic oxidation sites excluding steroid dienone is 1. The molecule has 1 aliphatic heterocycles. The summed E-state index contributed by atoms with van der Waals surface area (Å²) >= 11 is 1.44. The Morgan fingerprint density at radius 2 is 1.82 bits per heavy atom. The number of nitrogens with zero attached hydrogens (tertiary/aromatic N) is 5. The summed E-state index contributed by atoms with van der Waals surface area (Å²) in [6.07, 6.45) is 4.41. The van der Waals surface area contributed by atoms with Crippen LogP contribution in [0.4, 0.5) is 0 Å². The fourth-order valence-electron chi connectivity index (χ4n) is 5.26. The molecule has 11 heteroatoms. The van der Waals surface area contributed by atoms with E-state index < -0.39 is 10.0 Å². The van der Waals surface area contributed by atoms with Gasteiger partial charge in [0.1, 0.15) is 16.8 Å². The molecule has 3 heterocycles. The van der Waals surface area contributed by atoms with E-state index in [0.717, 1.165) is 15.9 Å². The van der Waals surface area contributed by atoms with Gasteiger partial charge in [-0.1, -0.05) is 42.5 Å². The lowest BCUT2D eigenvalue weighted by atomic mass is 9.98. The molecule has 0 saturated carbocycles. The van der Waals surface area contributed by atoms with Crippen molar-refractivity contribution in [1.82, 2.24) is 19.1 Å². The van der Waals surface area contributed by atoms with E-state index in [1.807, 2.05) is 66.9 Å². The minimum absolute atomic E-state index is 0.139. The van der Waals surface area contributed by atoms with Gasteiger partial charge in [0.15, 0.2) is 0 Å². The van der Waals surface area contributed by atoms with Gasteiger partial charge >= 0.3 is 5.97 Å². The van der Waals surface area contributed by atoms with Gasteiger partial charge in [-0.05, 0) is 62.2 Å². The molecule has 0 bridgehead atoms.